The molecule has 3 rings (SSSR count). The standard InChI is InChI=1S/C18H17FN2O3S2/c1-26(22,23)16-8-6-15(7-9-16)24-11-10-20-18-21-17(12-25-18)13-2-4-14(19)5-3-13/h2-9,12H,10-11H2,1H3,(H,20,21). The van der Waals surface area contributed by atoms with E-state index in [1.54, 1.807) is 24.3 Å². The number of sulfone groups is 1. The molecule has 1 heterocycles. The molecule has 1 N–H and O–H groups in total. The Morgan fingerprint density at radius 1 is 1.12 bits per heavy atom. The Bertz CT molecular complexity index is 968. The Labute approximate surface area is 155 Å². The first kappa shape index (κ1) is 18.3. The van der Waals surface area contributed by atoms with Gasteiger partial charge in [0.05, 0.1) is 17.1 Å². The molecule has 0 fully saturated rings. The second-order valence-electron chi connectivity index (χ2n) is 5.56. The lowest BCUT2D eigenvalue weighted by molar-refractivity contribution is 0.332. The lowest BCUT2D eigenvalue weighted by Gasteiger charge is -2.07. The predicted molar refractivity (Wildman–Crippen MR) is 101 cm³/mol. The van der Waals surface area contributed by atoms with Gasteiger partial charge < -0.3 is 10.1 Å². The van der Waals surface area contributed by atoms with Crippen molar-refractivity contribution < 1.29 is 17.5 Å². The van der Waals surface area contributed by atoms with Crippen LogP contribution in [0.4, 0.5) is 9.52 Å². The monoisotopic (exact) mass is 392 g/mol. The molecule has 0 radical (unpaired) electrons. The normalized spacial score (nSPS) is 11.3. The van der Waals surface area contributed by atoms with Crippen LogP contribution in [-0.2, 0) is 9.84 Å². The van der Waals surface area contributed by atoms with E-state index in [4.69, 9.17) is 4.74 Å². The highest BCUT2D eigenvalue weighted by molar-refractivity contribution is 7.90. The molecular formula is C18H17FN2O3S2. The molecule has 0 aliphatic heterocycles. The van der Waals surface area contributed by atoms with E-state index in [9.17, 15) is 12.8 Å². The van der Waals surface area contributed by atoms with Crippen molar-refractivity contribution >= 4 is 26.3 Å². The van der Waals surface area contributed by atoms with Gasteiger partial charge in [0.2, 0.25) is 0 Å². The van der Waals surface area contributed by atoms with Gasteiger partial charge in [-0.2, -0.15) is 0 Å². The summed E-state index contributed by atoms with van der Waals surface area (Å²) in [6.45, 7) is 0.952. The molecule has 0 aliphatic carbocycles. The van der Waals surface area contributed by atoms with E-state index in [1.807, 2.05) is 5.38 Å². The second-order valence-corrected chi connectivity index (χ2v) is 8.44. The van der Waals surface area contributed by atoms with Crippen LogP contribution in [-0.4, -0.2) is 32.8 Å². The topological polar surface area (TPSA) is 68.3 Å². The molecule has 0 bridgehead atoms. The summed E-state index contributed by atoms with van der Waals surface area (Å²) in [5, 5.41) is 5.82. The van der Waals surface area contributed by atoms with E-state index in [0.717, 1.165) is 16.4 Å². The van der Waals surface area contributed by atoms with Crippen LogP contribution in [0.1, 0.15) is 0 Å². The number of aromatic nitrogens is 1. The van der Waals surface area contributed by atoms with Gasteiger partial charge in [0.1, 0.15) is 18.2 Å². The molecule has 0 aliphatic rings. The van der Waals surface area contributed by atoms with Crippen molar-refractivity contribution in [2.24, 2.45) is 0 Å². The molecule has 0 unspecified atom stereocenters. The van der Waals surface area contributed by atoms with Gasteiger partial charge in [-0.3, -0.25) is 0 Å². The number of rotatable bonds is 7. The largest absolute Gasteiger partial charge is 0.492 e. The SMILES string of the molecule is CS(=O)(=O)c1ccc(OCCNc2nc(-c3ccc(F)cc3)cs2)cc1. The van der Waals surface area contributed by atoms with Crippen LogP contribution in [0.2, 0.25) is 0 Å². The zero-order valence-electron chi connectivity index (χ0n) is 14.0. The van der Waals surface area contributed by atoms with Crippen LogP contribution in [0.3, 0.4) is 0 Å². The van der Waals surface area contributed by atoms with Gasteiger partial charge in [0, 0.05) is 17.2 Å². The highest BCUT2D eigenvalue weighted by Crippen LogP contribution is 2.25. The molecule has 26 heavy (non-hydrogen) atoms. The summed E-state index contributed by atoms with van der Waals surface area (Å²) >= 11 is 1.46. The molecule has 8 heteroatoms. The average Bonchev–Trinajstić information content (AvgIpc) is 3.08. The second kappa shape index (κ2) is 7.84. The van der Waals surface area contributed by atoms with Crippen LogP contribution in [0.15, 0.2) is 58.8 Å². The fraction of sp³-hybridized carbons (Fsp3) is 0.167. The molecule has 0 atom stereocenters. The van der Waals surface area contributed by atoms with Crippen LogP contribution < -0.4 is 10.1 Å². The van der Waals surface area contributed by atoms with Crippen molar-refractivity contribution in [1.29, 1.82) is 0 Å². The Morgan fingerprint density at radius 2 is 1.81 bits per heavy atom. The highest BCUT2D eigenvalue weighted by Gasteiger charge is 2.07. The maximum absolute atomic E-state index is 13.0. The fourth-order valence-electron chi connectivity index (χ4n) is 2.22. The molecular weight excluding hydrogens is 375 g/mol. The van der Waals surface area contributed by atoms with Crippen molar-refractivity contribution in [3.63, 3.8) is 0 Å². The third-order valence-corrected chi connectivity index (χ3v) is 5.47. The molecule has 0 saturated carbocycles. The minimum atomic E-state index is -3.20. The Hall–Kier alpha value is -2.45. The number of benzene rings is 2. The lowest BCUT2D eigenvalue weighted by atomic mass is 10.2. The number of ether oxygens (including phenoxy) is 1. The number of halogens is 1. The summed E-state index contributed by atoms with van der Waals surface area (Å²) in [5.41, 5.74) is 1.65. The van der Waals surface area contributed by atoms with E-state index < -0.39 is 9.84 Å². The first-order chi connectivity index (χ1) is 12.4. The summed E-state index contributed by atoms with van der Waals surface area (Å²) in [5.74, 6) is 0.328. The number of hydrogen-bond acceptors (Lipinski definition) is 6. The van der Waals surface area contributed by atoms with Crippen LogP contribution in [0, 0.1) is 5.82 Å². The minimum absolute atomic E-state index is 0.263. The van der Waals surface area contributed by atoms with Crippen LogP contribution >= 0.6 is 11.3 Å². The lowest BCUT2D eigenvalue weighted by Crippen LogP contribution is -2.11. The minimum Gasteiger partial charge on any atom is -0.492 e. The predicted octanol–water partition coefficient (Wildman–Crippen LogP) is 3.84. The Kier molecular flexibility index (Phi) is 5.53. The van der Waals surface area contributed by atoms with E-state index in [1.165, 1.54) is 41.9 Å². The summed E-state index contributed by atoms with van der Waals surface area (Å²) in [7, 11) is -3.20. The molecule has 0 saturated heterocycles. The zero-order valence-corrected chi connectivity index (χ0v) is 15.6. The number of hydrogen-bond donors (Lipinski definition) is 1. The summed E-state index contributed by atoms with van der Waals surface area (Å²) in [4.78, 5) is 4.72. The van der Waals surface area contributed by atoms with Gasteiger partial charge in [-0.25, -0.2) is 17.8 Å². The Morgan fingerprint density at radius 3 is 2.46 bits per heavy atom. The molecule has 0 amide bonds. The zero-order chi connectivity index (χ0) is 18.6. The van der Waals surface area contributed by atoms with Gasteiger partial charge >= 0.3 is 0 Å². The number of nitrogens with zero attached hydrogens (tertiary/aromatic N) is 1. The van der Waals surface area contributed by atoms with Gasteiger partial charge in [-0.05, 0) is 48.5 Å². The van der Waals surface area contributed by atoms with E-state index >= 15 is 0 Å². The number of anilines is 1. The van der Waals surface area contributed by atoms with Gasteiger partial charge in [0.15, 0.2) is 15.0 Å². The van der Waals surface area contributed by atoms with Crippen LogP contribution in [0.5, 0.6) is 5.75 Å². The van der Waals surface area contributed by atoms with E-state index in [0.29, 0.717) is 18.9 Å². The van der Waals surface area contributed by atoms with Crippen molar-refractivity contribution in [3.8, 4) is 17.0 Å². The maximum atomic E-state index is 13.0. The third kappa shape index (κ3) is 4.80. The highest BCUT2D eigenvalue weighted by atomic mass is 32.2. The van der Waals surface area contributed by atoms with Crippen LogP contribution in [0.25, 0.3) is 11.3 Å². The average molecular weight is 392 g/mol. The van der Waals surface area contributed by atoms with Crippen molar-refractivity contribution in [2.75, 3.05) is 24.7 Å². The number of nitrogens with one attached hydrogen (secondary N) is 1. The maximum Gasteiger partial charge on any atom is 0.183 e. The first-order valence-corrected chi connectivity index (χ1v) is 10.6. The molecule has 5 nitrogen and oxygen atoms in total. The van der Waals surface area contributed by atoms with Gasteiger partial charge in [-0.15, -0.1) is 11.3 Å². The van der Waals surface area contributed by atoms with Gasteiger partial charge in [-0.1, -0.05) is 0 Å². The summed E-state index contributed by atoms with van der Waals surface area (Å²) in [6.07, 6.45) is 1.17. The van der Waals surface area contributed by atoms with E-state index in [-0.39, 0.29) is 10.7 Å². The summed E-state index contributed by atoms with van der Waals surface area (Å²) < 4.78 is 41.4. The number of thiazole rings is 1. The molecule has 1 aromatic heterocycles. The fourth-order valence-corrected chi connectivity index (χ4v) is 3.60. The van der Waals surface area contributed by atoms with Crippen molar-refractivity contribution in [3.05, 3.63) is 59.7 Å². The smallest absolute Gasteiger partial charge is 0.183 e. The molecule has 2 aromatic carbocycles. The van der Waals surface area contributed by atoms with Gasteiger partial charge in [0.25, 0.3) is 0 Å². The first-order valence-electron chi connectivity index (χ1n) is 7.80. The summed E-state index contributed by atoms with van der Waals surface area (Å²) in [6, 6.07) is 12.5. The van der Waals surface area contributed by atoms with Crippen molar-refractivity contribution in [2.45, 2.75) is 4.90 Å². The molecule has 0 spiro atoms. The quantitative estimate of drug-likeness (QED) is 0.619. The van der Waals surface area contributed by atoms with Crippen molar-refractivity contribution in [1.82, 2.24) is 4.98 Å². The molecule has 136 valence electrons. The Balaban J connectivity index is 1.49. The van der Waals surface area contributed by atoms with E-state index in [2.05, 4.69) is 10.3 Å². The third-order valence-electron chi connectivity index (χ3n) is 3.54. The molecule has 3 aromatic rings.